The summed E-state index contributed by atoms with van der Waals surface area (Å²) in [7, 11) is 1.59. The Morgan fingerprint density at radius 3 is 2.35 bits per heavy atom. The molecule has 1 aromatic heterocycles. The van der Waals surface area contributed by atoms with Gasteiger partial charge in [0.1, 0.15) is 12.3 Å². The van der Waals surface area contributed by atoms with Crippen molar-refractivity contribution in [2.24, 2.45) is 7.05 Å². The van der Waals surface area contributed by atoms with E-state index in [-0.39, 0.29) is 31.3 Å². The lowest BCUT2D eigenvalue weighted by atomic mass is 9.98. The molecule has 0 saturated heterocycles. The average Bonchev–Trinajstić information content (AvgIpc) is 3.36. The number of carboxylic acid groups (broad SMARTS) is 1. The van der Waals surface area contributed by atoms with Crippen LogP contribution in [0.5, 0.6) is 0 Å². The highest BCUT2D eigenvalue weighted by atomic mass is 16.5. The van der Waals surface area contributed by atoms with E-state index >= 15 is 0 Å². The summed E-state index contributed by atoms with van der Waals surface area (Å²) in [5.41, 5.74) is 5.29. The fourth-order valence-electron chi connectivity index (χ4n) is 3.97. The first-order valence-corrected chi connectivity index (χ1v) is 10.6. The second-order valence-corrected chi connectivity index (χ2v) is 7.61. The van der Waals surface area contributed by atoms with E-state index in [9.17, 15) is 14.4 Å². The second-order valence-electron chi connectivity index (χ2n) is 7.61. The molecule has 2 amide bonds. The summed E-state index contributed by atoms with van der Waals surface area (Å²) in [5.74, 6) is 2.47. The third-order valence-electron chi connectivity index (χ3n) is 5.45. The van der Waals surface area contributed by atoms with Crippen molar-refractivity contribution >= 4 is 18.0 Å². The predicted molar refractivity (Wildman–Crippen MR) is 123 cm³/mol. The van der Waals surface area contributed by atoms with Gasteiger partial charge in [-0.2, -0.15) is 5.10 Å². The number of benzene rings is 2. The Kier molecular flexibility index (Phi) is 6.59. The predicted octanol–water partition coefficient (Wildman–Crippen LogP) is 2.28. The largest absolute Gasteiger partial charge is 0.472 e. The van der Waals surface area contributed by atoms with Gasteiger partial charge in [-0.1, -0.05) is 54.5 Å². The maximum Gasteiger partial charge on any atom is 0.407 e. The van der Waals surface area contributed by atoms with Crippen molar-refractivity contribution < 1.29 is 24.2 Å². The molecule has 9 heteroatoms. The zero-order valence-corrected chi connectivity index (χ0v) is 18.4. The number of carboxylic acids is 1. The Bertz CT molecular complexity index is 1270. The van der Waals surface area contributed by atoms with Crippen LogP contribution >= 0.6 is 0 Å². The number of aliphatic carboxylic acids is 1. The van der Waals surface area contributed by atoms with Gasteiger partial charge in [-0.25, -0.2) is 9.59 Å². The number of nitrogens with zero attached hydrogens (tertiary/aromatic N) is 2. The summed E-state index contributed by atoms with van der Waals surface area (Å²) in [6.07, 6.45) is -0.581. The van der Waals surface area contributed by atoms with Gasteiger partial charge in [0.2, 0.25) is 0 Å². The summed E-state index contributed by atoms with van der Waals surface area (Å²) >= 11 is 0. The lowest BCUT2D eigenvalue weighted by molar-refractivity contribution is -0.130. The number of fused-ring (bicyclic) bond motifs is 3. The third-order valence-corrected chi connectivity index (χ3v) is 5.45. The van der Waals surface area contributed by atoms with Crippen molar-refractivity contribution in [2.75, 3.05) is 13.2 Å². The highest BCUT2D eigenvalue weighted by Gasteiger charge is 2.29. The van der Waals surface area contributed by atoms with E-state index in [2.05, 4.69) is 45.9 Å². The zero-order valence-electron chi connectivity index (χ0n) is 18.4. The van der Waals surface area contributed by atoms with Gasteiger partial charge >= 0.3 is 12.1 Å². The van der Waals surface area contributed by atoms with Crippen molar-refractivity contribution in [3.05, 3.63) is 77.1 Å². The molecule has 0 unspecified atom stereocenters. The van der Waals surface area contributed by atoms with Gasteiger partial charge in [-0.05, 0) is 28.3 Å². The molecule has 9 nitrogen and oxygen atoms in total. The van der Waals surface area contributed by atoms with Gasteiger partial charge in [-0.3, -0.25) is 9.48 Å². The molecule has 3 aromatic rings. The normalized spacial score (nSPS) is 11.6. The summed E-state index contributed by atoms with van der Waals surface area (Å²) in [5, 5.41) is 17.9. The summed E-state index contributed by atoms with van der Waals surface area (Å²) in [6.45, 7) is 0.174. The van der Waals surface area contributed by atoms with Crippen molar-refractivity contribution in [1.29, 1.82) is 0 Å². The van der Waals surface area contributed by atoms with E-state index in [4.69, 9.17) is 9.84 Å². The van der Waals surface area contributed by atoms with E-state index in [1.54, 1.807) is 7.05 Å². The van der Waals surface area contributed by atoms with Crippen LogP contribution in [-0.4, -0.2) is 46.0 Å². The fourth-order valence-corrected chi connectivity index (χ4v) is 3.97. The molecule has 172 valence electrons. The number of hydrogen-bond acceptors (Lipinski definition) is 5. The standard InChI is InChI=1S/C25H22N4O5/c1-29-22(24(32)26-12-6-11-23(30)31)13-16(28-29)14-27-25(33)34-15-21-19-9-4-2-7-17(19)18-8-3-5-10-20(18)21/h2-5,7-10,13,21H,12,14-15H2,1H3,(H,26,32)(H,27,33)(H,30,31). The zero-order chi connectivity index (χ0) is 24.1. The maximum atomic E-state index is 12.3. The first-order chi connectivity index (χ1) is 16.4. The van der Waals surface area contributed by atoms with Crippen LogP contribution in [0.4, 0.5) is 4.79 Å². The number of carbonyl (C=O) groups excluding carboxylic acids is 2. The van der Waals surface area contributed by atoms with E-state index in [0.29, 0.717) is 5.69 Å². The van der Waals surface area contributed by atoms with Crippen LogP contribution in [0.1, 0.15) is 33.2 Å². The molecule has 0 bridgehead atoms. The van der Waals surface area contributed by atoms with Crippen LogP contribution in [0.2, 0.25) is 0 Å². The molecule has 1 heterocycles. The van der Waals surface area contributed by atoms with Crippen LogP contribution < -0.4 is 10.6 Å². The van der Waals surface area contributed by atoms with Crippen molar-refractivity contribution in [3.63, 3.8) is 0 Å². The number of ether oxygens (including phenoxy) is 1. The van der Waals surface area contributed by atoms with Crippen LogP contribution in [0, 0.1) is 11.8 Å². The Morgan fingerprint density at radius 2 is 1.71 bits per heavy atom. The molecule has 0 aliphatic heterocycles. The van der Waals surface area contributed by atoms with Gasteiger partial charge in [0, 0.05) is 18.9 Å². The lowest BCUT2D eigenvalue weighted by Crippen LogP contribution is -2.26. The molecule has 0 saturated carbocycles. The quantitative estimate of drug-likeness (QED) is 0.487. The minimum Gasteiger partial charge on any atom is -0.472 e. The average molecular weight is 458 g/mol. The van der Waals surface area contributed by atoms with Crippen molar-refractivity contribution in [1.82, 2.24) is 20.4 Å². The van der Waals surface area contributed by atoms with Gasteiger partial charge in [0.05, 0.1) is 18.8 Å². The molecule has 3 N–H and O–H groups in total. The number of aromatic nitrogens is 2. The molecule has 1 aliphatic rings. The van der Waals surface area contributed by atoms with Crippen molar-refractivity contribution in [3.8, 4) is 23.0 Å². The number of alkyl carbamates (subject to hydrolysis) is 1. The Balaban J connectivity index is 1.31. The summed E-state index contributed by atoms with van der Waals surface area (Å²) < 4.78 is 6.87. The van der Waals surface area contributed by atoms with Crippen LogP contribution in [0.3, 0.4) is 0 Å². The fraction of sp³-hybridized carbons (Fsp3) is 0.200. The molecule has 0 radical (unpaired) electrons. The molecule has 4 rings (SSSR count). The SMILES string of the molecule is Cn1nc(CNC(=O)OCC2c3ccccc3-c3ccccc32)cc1C(=O)NCC#CC(=O)O. The van der Waals surface area contributed by atoms with Crippen LogP contribution in [-0.2, 0) is 23.1 Å². The minimum atomic E-state index is -1.27. The molecule has 0 atom stereocenters. The number of hydrogen-bond donors (Lipinski definition) is 3. The molecular formula is C25H22N4O5. The Labute approximate surface area is 195 Å². The van der Waals surface area contributed by atoms with Gasteiger partial charge < -0.3 is 20.5 Å². The Morgan fingerprint density at radius 1 is 1.06 bits per heavy atom. The molecule has 0 spiro atoms. The van der Waals surface area contributed by atoms with Gasteiger partial charge in [-0.15, -0.1) is 0 Å². The van der Waals surface area contributed by atoms with Gasteiger partial charge in [0.15, 0.2) is 0 Å². The number of rotatable bonds is 6. The van der Waals surface area contributed by atoms with Crippen LogP contribution in [0.15, 0.2) is 54.6 Å². The molecule has 0 fully saturated rings. The van der Waals surface area contributed by atoms with Crippen LogP contribution in [0.25, 0.3) is 11.1 Å². The van der Waals surface area contributed by atoms with E-state index in [1.165, 1.54) is 10.7 Å². The number of aryl methyl sites for hydroxylation is 1. The maximum absolute atomic E-state index is 12.3. The highest BCUT2D eigenvalue weighted by molar-refractivity contribution is 5.93. The third kappa shape index (κ3) is 4.91. The summed E-state index contributed by atoms with van der Waals surface area (Å²) in [6, 6.07) is 17.7. The van der Waals surface area contributed by atoms with E-state index in [1.807, 2.05) is 30.2 Å². The van der Waals surface area contributed by atoms with E-state index in [0.717, 1.165) is 22.3 Å². The molecule has 1 aliphatic carbocycles. The lowest BCUT2D eigenvalue weighted by Gasteiger charge is -2.14. The molecular weight excluding hydrogens is 436 g/mol. The topological polar surface area (TPSA) is 123 Å². The first-order valence-electron chi connectivity index (χ1n) is 10.6. The molecule has 2 aromatic carbocycles. The second kappa shape index (κ2) is 9.92. The minimum absolute atomic E-state index is 0.0347. The first kappa shape index (κ1) is 22.6. The smallest absolute Gasteiger partial charge is 0.407 e. The number of nitrogens with one attached hydrogen (secondary N) is 2. The molecule has 34 heavy (non-hydrogen) atoms. The Hall–Kier alpha value is -4.58. The number of amides is 2. The highest BCUT2D eigenvalue weighted by Crippen LogP contribution is 2.44. The van der Waals surface area contributed by atoms with Crippen molar-refractivity contribution in [2.45, 2.75) is 12.5 Å². The monoisotopic (exact) mass is 458 g/mol. The summed E-state index contributed by atoms with van der Waals surface area (Å²) in [4.78, 5) is 34.9. The number of carbonyl (C=O) groups is 3. The van der Waals surface area contributed by atoms with Gasteiger partial charge in [0.25, 0.3) is 5.91 Å². The van der Waals surface area contributed by atoms with E-state index < -0.39 is 18.0 Å².